The predicted molar refractivity (Wildman–Crippen MR) is 51.3 cm³/mol. The van der Waals surface area contributed by atoms with Crippen LogP contribution in [-0.4, -0.2) is 24.4 Å². The summed E-state index contributed by atoms with van der Waals surface area (Å²) in [7, 11) is 1.81. The summed E-state index contributed by atoms with van der Waals surface area (Å²) in [5.41, 5.74) is 0. The number of amides is 1. The van der Waals surface area contributed by atoms with Gasteiger partial charge in [0.25, 0.3) is 0 Å². The van der Waals surface area contributed by atoms with Crippen molar-refractivity contribution in [1.29, 1.82) is 0 Å². The second-order valence-corrected chi connectivity index (χ2v) is 3.94. The molecule has 1 heterocycles. The van der Waals surface area contributed by atoms with Gasteiger partial charge in [-0.1, -0.05) is 6.07 Å². The second-order valence-electron chi connectivity index (χ2n) is 2.90. The topological polar surface area (TPSA) is 20.3 Å². The van der Waals surface area contributed by atoms with E-state index < -0.39 is 0 Å². The third kappa shape index (κ3) is 2.34. The molecule has 1 aromatic rings. The molecule has 12 heavy (non-hydrogen) atoms. The summed E-state index contributed by atoms with van der Waals surface area (Å²) in [5.74, 6) is 0. The maximum Gasteiger partial charge on any atom is 0.209 e. The number of hydrogen-bond acceptors (Lipinski definition) is 2. The van der Waals surface area contributed by atoms with E-state index in [1.165, 1.54) is 4.88 Å². The number of hydrogen-bond donors (Lipinski definition) is 0. The van der Waals surface area contributed by atoms with Gasteiger partial charge in [0, 0.05) is 24.4 Å². The molecule has 0 aliphatic rings. The van der Waals surface area contributed by atoms with Crippen molar-refractivity contribution in [3.8, 4) is 0 Å². The normalized spacial score (nSPS) is 12.5. The van der Waals surface area contributed by atoms with E-state index in [1.807, 2.05) is 20.0 Å². The first-order valence-corrected chi connectivity index (χ1v) is 4.81. The first-order valence-electron chi connectivity index (χ1n) is 3.93. The Kier molecular flexibility index (Phi) is 3.29. The Bertz CT molecular complexity index is 233. The van der Waals surface area contributed by atoms with Crippen molar-refractivity contribution >= 4 is 17.7 Å². The lowest BCUT2D eigenvalue weighted by atomic mass is 10.2. The van der Waals surface area contributed by atoms with Crippen LogP contribution in [-0.2, 0) is 11.2 Å². The monoisotopic (exact) mass is 183 g/mol. The summed E-state index contributed by atoms with van der Waals surface area (Å²) in [6, 6.07) is 4.43. The molecule has 0 N–H and O–H groups in total. The van der Waals surface area contributed by atoms with Gasteiger partial charge in [0.05, 0.1) is 0 Å². The van der Waals surface area contributed by atoms with Crippen LogP contribution in [0.4, 0.5) is 0 Å². The Hall–Kier alpha value is -0.830. The van der Waals surface area contributed by atoms with Gasteiger partial charge in [-0.05, 0) is 18.4 Å². The number of nitrogens with zero attached hydrogens (tertiary/aromatic N) is 1. The molecule has 3 heteroatoms. The Morgan fingerprint density at radius 2 is 2.50 bits per heavy atom. The molecule has 1 rings (SSSR count). The van der Waals surface area contributed by atoms with E-state index in [0.29, 0.717) is 6.04 Å². The quantitative estimate of drug-likeness (QED) is 0.651. The van der Waals surface area contributed by atoms with Crippen LogP contribution in [0.5, 0.6) is 0 Å². The average Bonchev–Trinajstić information content (AvgIpc) is 2.55. The third-order valence-corrected chi connectivity index (χ3v) is 2.84. The minimum atomic E-state index is 0.293. The minimum Gasteiger partial charge on any atom is -0.345 e. The lowest BCUT2D eigenvalue weighted by Gasteiger charge is -2.19. The summed E-state index contributed by atoms with van der Waals surface area (Å²) < 4.78 is 0. The summed E-state index contributed by atoms with van der Waals surface area (Å²) in [6.07, 6.45) is 1.82. The van der Waals surface area contributed by atoms with Crippen molar-refractivity contribution < 1.29 is 4.79 Å². The lowest BCUT2D eigenvalue weighted by Crippen LogP contribution is -2.29. The number of rotatable bonds is 4. The Balaban J connectivity index is 2.46. The molecule has 66 valence electrons. The number of thiophene rings is 1. The van der Waals surface area contributed by atoms with Crippen molar-refractivity contribution in [3.05, 3.63) is 22.4 Å². The SMILES string of the molecule is CC(Cc1cccs1)N(C)C=O. The van der Waals surface area contributed by atoms with E-state index in [2.05, 4.69) is 11.4 Å². The molecule has 1 atom stereocenters. The molecule has 0 bridgehead atoms. The zero-order chi connectivity index (χ0) is 8.97. The highest BCUT2D eigenvalue weighted by Crippen LogP contribution is 2.12. The standard InChI is InChI=1S/C9H13NOS/c1-8(10(2)7-11)6-9-4-3-5-12-9/h3-5,7-8H,6H2,1-2H3. The summed E-state index contributed by atoms with van der Waals surface area (Å²) in [5, 5.41) is 2.06. The molecule has 0 aromatic carbocycles. The summed E-state index contributed by atoms with van der Waals surface area (Å²) in [4.78, 5) is 13.4. The Morgan fingerprint density at radius 1 is 1.75 bits per heavy atom. The maximum absolute atomic E-state index is 10.4. The Morgan fingerprint density at radius 3 is 3.00 bits per heavy atom. The molecule has 0 aliphatic heterocycles. The van der Waals surface area contributed by atoms with E-state index in [-0.39, 0.29) is 0 Å². The molecule has 0 saturated carbocycles. The van der Waals surface area contributed by atoms with Crippen molar-refractivity contribution in [2.45, 2.75) is 19.4 Å². The van der Waals surface area contributed by atoms with E-state index in [0.717, 1.165) is 12.8 Å². The third-order valence-electron chi connectivity index (χ3n) is 1.94. The van der Waals surface area contributed by atoms with E-state index in [4.69, 9.17) is 0 Å². The first-order chi connectivity index (χ1) is 5.74. The molecule has 1 aromatic heterocycles. The van der Waals surface area contributed by atoms with Gasteiger partial charge in [0.2, 0.25) is 6.41 Å². The van der Waals surface area contributed by atoms with Gasteiger partial charge >= 0.3 is 0 Å². The smallest absolute Gasteiger partial charge is 0.209 e. The average molecular weight is 183 g/mol. The maximum atomic E-state index is 10.4. The molecule has 0 radical (unpaired) electrons. The number of carbonyl (C=O) groups excluding carboxylic acids is 1. The van der Waals surface area contributed by atoms with Crippen LogP contribution in [0.3, 0.4) is 0 Å². The van der Waals surface area contributed by atoms with Crippen LogP contribution in [0, 0.1) is 0 Å². The fourth-order valence-electron chi connectivity index (χ4n) is 0.968. The van der Waals surface area contributed by atoms with Crippen LogP contribution in [0.1, 0.15) is 11.8 Å². The molecule has 0 fully saturated rings. The highest BCUT2D eigenvalue weighted by Gasteiger charge is 2.07. The van der Waals surface area contributed by atoms with E-state index in [9.17, 15) is 4.79 Å². The van der Waals surface area contributed by atoms with Crippen LogP contribution in [0.2, 0.25) is 0 Å². The largest absolute Gasteiger partial charge is 0.345 e. The summed E-state index contributed by atoms with van der Waals surface area (Å²) in [6.45, 7) is 2.05. The fourth-order valence-corrected chi connectivity index (χ4v) is 1.79. The van der Waals surface area contributed by atoms with Gasteiger partial charge in [-0.15, -0.1) is 11.3 Å². The molecule has 0 spiro atoms. The van der Waals surface area contributed by atoms with Crippen molar-refractivity contribution in [2.24, 2.45) is 0 Å². The van der Waals surface area contributed by atoms with Gasteiger partial charge in [-0.2, -0.15) is 0 Å². The molecule has 1 amide bonds. The van der Waals surface area contributed by atoms with Gasteiger partial charge < -0.3 is 4.90 Å². The van der Waals surface area contributed by atoms with Crippen molar-refractivity contribution in [1.82, 2.24) is 4.90 Å². The fraction of sp³-hybridized carbons (Fsp3) is 0.444. The van der Waals surface area contributed by atoms with Gasteiger partial charge in [-0.3, -0.25) is 4.79 Å². The highest BCUT2D eigenvalue weighted by atomic mass is 32.1. The second kappa shape index (κ2) is 4.26. The van der Waals surface area contributed by atoms with E-state index in [1.54, 1.807) is 16.2 Å². The molecule has 1 unspecified atom stereocenters. The molecule has 2 nitrogen and oxygen atoms in total. The van der Waals surface area contributed by atoms with Gasteiger partial charge in [-0.25, -0.2) is 0 Å². The van der Waals surface area contributed by atoms with Crippen LogP contribution < -0.4 is 0 Å². The van der Waals surface area contributed by atoms with Crippen molar-refractivity contribution in [3.63, 3.8) is 0 Å². The summed E-state index contributed by atoms with van der Waals surface area (Å²) >= 11 is 1.74. The first kappa shape index (κ1) is 9.26. The zero-order valence-electron chi connectivity index (χ0n) is 7.36. The van der Waals surface area contributed by atoms with E-state index >= 15 is 0 Å². The predicted octanol–water partition coefficient (Wildman–Crippen LogP) is 1.77. The van der Waals surface area contributed by atoms with Crippen molar-refractivity contribution in [2.75, 3.05) is 7.05 Å². The molecular weight excluding hydrogens is 170 g/mol. The van der Waals surface area contributed by atoms with Crippen LogP contribution >= 0.6 is 11.3 Å². The molecular formula is C9H13NOS. The minimum absolute atomic E-state index is 0.293. The zero-order valence-corrected chi connectivity index (χ0v) is 8.17. The van der Waals surface area contributed by atoms with Crippen LogP contribution in [0.15, 0.2) is 17.5 Å². The molecule has 0 saturated heterocycles. The van der Waals surface area contributed by atoms with Crippen LogP contribution in [0.25, 0.3) is 0 Å². The van der Waals surface area contributed by atoms with Gasteiger partial charge in [0.15, 0.2) is 0 Å². The lowest BCUT2D eigenvalue weighted by molar-refractivity contribution is -0.118. The number of carbonyl (C=O) groups is 1. The Labute approximate surface area is 76.8 Å². The number of likely N-dealkylation sites (N-methyl/N-ethyl adjacent to an activating group) is 1. The van der Waals surface area contributed by atoms with Gasteiger partial charge in [0.1, 0.15) is 0 Å². The molecule has 0 aliphatic carbocycles. The highest BCUT2D eigenvalue weighted by molar-refractivity contribution is 7.09.